The molecule has 1 fully saturated rings. The molecule has 4 N–H and O–H groups in total. The molecule has 3 amide bonds. The normalized spacial score (nSPS) is 14.4. The molecule has 0 aliphatic heterocycles. The summed E-state index contributed by atoms with van der Waals surface area (Å²) in [5, 5.41) is 17.9. The van der Waals surface area contributed by atoms with Crippen molar-refractivity contribution in [2.24, 2.45) is 5.92 Å². The summed E-state index contributed by atoms with van der Waals surface area (Å²) < 4.78 is 43.4. The van der Waals surface area contributed by atoms with E-state index in [9.17, 15) is 27.9 Å². The molecule has 0 heterocycles. The van der Waals surface area contributed by atoms with Gasteiger partial charge in [0.25, 0.3) is 0 Å². The van der Waals surface area contributed by atoms with Crippen molar-refractivity contribution < 1.29 is 32.6 Å². The fraction of sp³-hybridized carbons (Fsp3) is 0.364. The molecule has 0 spiro atoms. The fourth-order valence-electron chi connectivity index (χ4n) is 2.81. The molecule has 3 rings (SSSR count). The third-order valence-electron chi connectivity index (χ3n) is 4.80. The molecule has 1 saturated carbocycles. The number of nitrogens with one attached hydrogen (secondary N) is 3. The number of amides is 3. The number of hydrogen-bond donors (Lipinski definition) is 4. The molecular weight excluding hydrogens is 427 g/mol. The maximum atomic E-state index is 12.7. The van der Waals surface area contributed by atoms with E-state index in [0.29, 0.717) is 11.4 Å². The molecule has 0 bridgehead atoms. The molecule has 0 aromatic heterocycles. The number of carbonyl (C=O) groups excluding carboxylic acids is 2. The maximum Gasteiger partial charge on any atom is 0.416 e. The lowest BCUT2D eigenvalue weighted by molar-refractivity contribution is -0.137. The second-order valence-electron chi connectivity index (χ2n) is 7.62. The van der Waals surface area contributed by atoms with Crippen molar-refractivity contribution in [3.05, 3.63) is 53.6 Å². The van der Waals surface area contributed by atoms with Crippen molar-refractivity contribution in [1.29, 1.82) is 0 Å². The molecule has 1 aliphatic rings. The fourth-order valence-corrected chi connectivity index (χ4v) is 2.81. The zero-order chi connectivity index (χ0) is 23.3. The minimum atomic E-state index is -4.49. The molecule has 1 aliphatic carbocycles. The average Bonchev–Trinajstić information content (AvgIpc) is 3.58. The van der Waals surface area contributed by atoms with Gasteiger partial charge in [0, 0.05) is 23.8 Å². The zero-order valence-electron chi connectivity index (χ0n) is 17.3. The summed E-state index contributed by atoms with van der Waals surface area (Å²) in [5.41, 5.74) is 0.981. The minimum Gasteiger partial charge on any atom is -0.491 e. The largest absolute Gasteiger partial charge is 0.491 e. The van der Waals surface area contributed by atoms with E-state index in [1.807, 2.05) is 0 Å². The number of hydrogen-bond acceptors (Lipinski definition) is 4. The number of aliphatic hydroxyl groups is 1. The molecule has 7 nitrogen and oxygen atoms in total. The van der Waals surface area contributed by atoms with Crippen molar-refractivity contribution >= 4 is 23.3 Å². The second-order valence-corrected chi connectivity index (χ2v) is 7.62. The molecule has 10 heteroatoms. The highest BCUT2D eigenvalue weighted by atomic mass is 19.4. The topological polar surface area (TPSA) is 99.7 Å². The van der Waals surface area contributed by atoms with Gasteiger partial charge in [-0.2, -0.15) is 13.2 Å². The number of anilines is 2. The monoisotopic (exact) mass is 451 g/mol. The number of rotatable bonds is 8. The summed E-state index contributed by atoms with van der Waals surface area (Å²) in [6.45, 7) is 1.31. The number of aliphatic hydroxyl groups excluding tert-OH is 1. The molecule has 0 unspecified atom stereocenters. The van der Waals surface area contributed by atoms with Gasteiger partial charge < -0.3 is 25.8 Å². The Morgan fingerprint density at radius 1 is 1.16 bits per heavy atom. The Kier molecular flexibility index (Phi) is 7.24. The second kappa shape index (κ2) is 9.90. The smallest absolute Gasteiger partial charge is 0.416 e. The quantitative estimate of drug-likeness (QED) is 0.489. The van der Waals surface area contributed by atoms with Gasteiger partial charge in [0.05, 0.1) is 5.56 Å². The zero-order valence-corrected chi connectivity index (χ0v) is 17.3. The van der Waals surface area contributed by atoms with Gasteiger partial charge >= 0.3 is 12.2 Å². The predicted molar refractivity (Wildman–Crippen MR) is 112 cm³/mol. The number of benzene rings is 2. The first kappa shape index (κ1) is 23.4. The Labute approximate surface area is 183 Å². The van der Waals surface area contributed by atoms with Crippen LogP contribution in [0, 0.1) is 12.8 Å². The van der Waals surface area contributed by atoms with Crippen molar-refractivity contribution in [3.63, 3.8) is 0 Å². The number of carbonyl (C=O) groups is 2. The van der Waals surface area contributed by atoms with E-state index in [-0.39, 0.29) is 30.7 Å². The highest BCUT2D eigenvalue weighted by molar-refractivity contribution is 5.96. The first-order chi connectivity index (χ1) is 15.1. The van der Waals surface area contributed by atoms with Gasteiger partial charge in [-0.3, -0.25) is 4.79 Å². The summed E-state index contributed by atoms with van der Waals surface area (Å²) in [5.74, 6) is -0.0344. The summed E-state index contributed by atoms with van der Waals surface area (Å²) >= 11 is 0. The third kappa shape index (κ3) is 6.88. The van der Waals surface area contributed by atoms with Crippen LogP contribution >= 0.6 is 0 Å². The van der Waals surface area contributed by atoms with Gasteiger partial charge in [0.15, 0.2) is 0 Å². The van der Waals surface area contributed by atoms with Crippen molar-refractivity contribution in [3.8, 4) is 5.75 Å². The van der Waals surface area contributed by atoms with E-state index in [1.54, 1.807) is 25.1 Å². The van der Waals surface area contributed by atoms with Crippen LogP contribution in [0.4, 0.5) is 29.3 Å². The Morgan fingerprint density at radius 3 is 2.59 bits per heavy atom. The molecule has 2 aromatic rings. The number of alkyl halides is 3. The standard InChI is InChI=1S/C22H24F3N3O4/c1-13-5-8-16(27-20(30)14-6-7-14)10-19(13)28-21(31)26-11-17(29)12-32-18-4-2-3-15(9-18)22(23,24)25/h2-5,8-10,14,17,29H,6-7,11-12H2,1H3,(H,27,30)(H2,26,28,31)/t17-/m0/s1. The Bertz CT molecular complexity index is 977. The first-order valence-electron chi connectivity index (χ1n) is 10.1. The van der Waals surface area contributed by atoms with Gasteiger partial charge in [0.1, 0.15) is 18.5 Å². The van der Waals surface area contributed by atoms with E-state index in [4.69, 9.17) is 4.74 Å². The lowest BCUT2D eigenvalue weighted by Crippen LogP contribution is -2.37. The highest BCUT2D eigenvalue weighted by Crippen LogP contribution is 2.32. The Balaban J connectivity index is 1.46. The molecule has 172 valence electrons. The SMILES string of the molecule is Cc1ccc(NC(=O)C2CC2)cc1NC(=O)NC[C@H](O)COc1cccc(C(F)(F)F)c1. The summed E-state index contributed by atoms with van der Waals surface area (Å²) in [4.78, 5) is 24.1. The van der Waals surface area contributed by atoms with Crippen LogP contribution in [0.25, 0.3) is 0 Å². The van der Waals surface area contributed by atoms with Crippen molar-refractivity contribution in [2.45, 2.75) is 32.0 Å². The van der Waals surface area contributed by atoms with Gasteiger partial charge in [-0.05, 0) is 55.7 Å². The first-order valence-corrected chi connectivity index (χ1v) is 10.1. The molecule has 0 saturated heterocycles. The van der Waals surface area contributed by atoms with Crippen LogP contribution in [-0.4, -0.2) is 36.3 Å². The Hall–Kier alpha value is -3.27. The molecule has 32 heavy (non-hydrogen) atoms. The van der Waals surface area contributed by atoms with Gasteiger partial charge in [0.2, 0.25) is 5.91 Å². The molecular formula is C22H24F3N3O4. The maximum absolute atomic E-state index is 12.7. The minimum absolute atomic E-state index is 0.0380. The lowest BCUT2D eigenvalue weighted by Gasteiger charge is -2.16. The Morgan fingerprint density at radius 2 is 1.91 bits per heavy atom. The number of urea groups is 1. The average molecular weight is 451 g/mol. The van der Waals surface area contributed by atoms with Crippen LogP contribution in [0.2, 0.25) is 0 Å². The third-order valence-corrected chi connectivity index (χ3v) is 4.80. The predicted octanol–water partition coefficient (Wildman–Crippen LogP) is 3.92. The van der Waals surface area contributed by atoms with E-state index in [0.717, 1.165) is 30.5 Å². The van der Waals surface area contributed by atoms with Gasteiger partial charge in [-0.1, -0.05) is 12.1 Å². The highest BCUT2D eigenvalue weighted by Gasteiger charge is 2.31. The lowest BCUT2D eigenvalue weighted by atomic mass is 10.1. The molecule has 2 aromatic carbocycles. The van der Waals surface area contributed by atoms with Crippen LogP contribution in [0.1, 0.15) is 24.0 Å². The van der Waals surface area contributed by atoms with Crippen LogP contribution < -0.4 is 20.7 Å². The summed E-state index contributed by atoms with van der Waals surface area (Å²) in [6.07, 6.45) is -3.87. The van der Waals surface area contributed by atoms with E-state index < -0.39 is 23.9 Å². The summed E-state index contributed by atoms with van der Waals surface area (Å²) in [7, 11) is 0. The number of ether oxygens (including phenoxy) is 1. The van der Waals surface area contributed by atoms with Gasteiger partial charge in [-0.15, -0.1) is 0 Å². The van der Waals surface area contributed by atoms with Gasteiger partial charge in [-0.25, -0.2) is 4.79 Å². The van der Waals surface area contributed by atoms with E-state index >= 15 is 0 Å². The van der Waals surface area contributed by atoms with Crippen LogP contribution in [0.15, 0.2) is 42.5 Å². The van der Waals surface area contributed by atoms with Crippen LogP contribution in [0.5, 0.6) is 5.75 Å². The van der Waals surface area contributed by atoms with Crippen LogP contribution in [-0.2, 0) is 11.0 Å². The number of aryl methyl sites for hydroxylation is 1. The van der Waals surface area contributed by atoms with E-state index in [2.05, 4.69) is 16.0 Å². The van der Waals surface area contributed by atoms with Crippen molar-refractivity contribution in [2.75, 3.05) is 23.8 Å². The molecule has 1 atom stereocenters. The van der Waals surface area contributed by atoms with E-state index in [1.165, 1.54) is 12.1 Å². The summed E-state index contributed by atoms with van der Waals surface area (Å²) in [6, 6.07) is 8.87. The van der Waals surface area contributed by atoms with Crippen LogP contribution in [0.3, 0.4) is 0 Å². The van der Waals surface area contributed by atoms with Crippen molar-refractivity contribution in [1.82, 2.24) is 5.32 Å². The number of halogens is 3. The molecule has 0 radical (unpaired) electrons.